The third-order valence-electron chi connectivity index (χ3n) is 6.92. The van der Waals surface area contributed by atoms with Crippen molar-refractivity contribution in [2.24, 2.45) is 17.8 Å². The standard InChI is InChI=1S/C23H24Cl/c1-15-5-4-8-21(24)22(15)19-6-2-3-7-20(19)23-12-16-9-17(13-23)11-18(10-16)14-23/h2-6,8,16-18H,9-14H2,1H3. The van der Waals surface area contributed by atoms with Gasteiger partial charge in [-0.2, -0.15) is 0 Å². The van der Waals surface area contributed by atoms with Crippen molar-refractivity contribution in [3.63, 3.8) is 0 Å². The van der Waals surface area contributed by atoms with Gasteiger partial charge in [0.15, 0.2) is 0 Å². The molecule has 4 aliphatic rings. The lowest BCUT2D eigenvalue weighted by Crippen LogP contribution is -2.48. The van der Waals surface area contributed by atoms with Crippen LogP contribution in [0.2, 0.25) is 5.02 Å². The summed E-state index contributed by atoms with van der Waals surface area (Å²) in [5, 5.41) is 0.876. The Morgan fingerprint density at radius 2 is 1.62 bits per heavy atom. The van der Waals surface area contributed by atoms with Crippen LogP contribution in [0.1, 0.15) is 49.7 Å². The smallest absolute Gasteiger partial charge is 0.0487 e. The molecule has 0 unspecified atom stereocenters. The molecule has 4 saturated carbocycles. The van der Waals surface area contributed by atoms with E-state index in [-0.39, 0.29) is 0 Å². The lowest BCUT2D eigenvalue weighted by Gasteiger charge is -2.57. The van der Waals surface area contributed by atoms with Crippen molar-refractivity contribution in [1.82, 2.24) is 0 Å². The molecular weight excluding hydrogens is 312 g/mol. The summed E-state index contributed by atoms with van der Waals surface area (Å²) in [7, 11) is 0. The van der Waals surface area contributed by atoms with Crippen LogP contribution >= 0.6 is 11.6 Å². The molecule has 4 fully saturated rings. The maximum atomic E-state index is 6.63. The molecule has 0 spiro atoms. The largest absolute Gasteiger partial charge is 0.0837 e. The first-order chi connectivity index (χ1) is 11.6. The molecule has 4 aliphatic carbocycles. The van der Waals surface area contributed by atoms with Crippen LogP contribution in [0.15, 0.2) is 36.4 Å². The molecular formula is C23H24Cl. The van der Waals surface area contributed by atoms with Crippen LogP contribution in [0.5, 0.6) is 0 Å². The molecule has 4 bridgehead atoms. The van der Waals surface area contributed by atoms with Gasteiger partial charge >= 0.3 is 0 Å². The predicted octanol–water partition coefficient (Wildman–Crippen LogP) is 6.58. The maximum absolute atomic E-state index is 6.63. The minimum absolute atomic E-state index is 0.358. The number of benzene rings is 2. The van der Waals surface area contributed by atoms with Gasteiger partial charge in [0.25, 0.3) is 0 Å². The third-order valence-corrected chi connectivity index (χ3v) is 7.23. The molecule has 0 aliphatic heterocycles. The van der Waals surface area contributed by atoms with Crippen molar-refractivity contribution in [1.29, 1.82) is 0 Å². The highest BCUT2D eigenvalue weighted by atomic mass is 35.5. The van der Waals surface area contributed by atoms with Crippen LogP contribution < -0.4 is 0 Å². The van der Waals surface area contributed by atoms with E-state index >= 15 is 0 Å². The first kappa shape index (κ1) is 15.0. The van der Waals surface area contributed by atoms with Gasteiger partial charge in [-0.3, -0.25) is 0 Å². The minimum atomic E-state index is 0.358. The molecule has 2 aromatic rings. The highest BCUT2D eigenvalue weighted by Gasteiger charge is 2.52. The number of aryl methyl sites for hydroxylation is 1. The van der Waals surface area contributed by atoms with Gasteiger partial charge in [0.2, 0.25) is 0 Å². The van der Waals surface area contributed by atoms with Gasteiger partial charge in [0.05, 0.1) is 0 Å². The highest BCUT2D eigenvalue weighted by molar-refractivity contribution is 6.33. The summed E-state index contributed by atoms with van der Waals surface area (Å²) in [6.45, 7) is 2.18. The van der Waals surface area contributed by atoms with E-state index in [0.717, 1.165) is 22.8 Å². The second kappa shape index (κ2) is 5.36. The molecule has 6 rings (SSSR count). The predicted molar refractivity (Wildman–Crippen MR) is 100 cm³/mol. The number of hydrogen-bond donors (Lipinski definition) is 0. The van der Waals surface area contributed by atoms with Gasteiger partial charge in [-0.05, 0) is 97.4 Å². The maximum Gasteiger partial charge on any atom is 0.0487 e. The Morgan fingerprint density at radius 1 is 0.958 bits per heavy atom. The Kier molecular flexibility index (Phi) is 3.36. The van der Waals surface area contributed by atoms with Crippen molar-refractivity contribution < 1.29 is 0 Å². The first-order valence-electron chi connectivity index (χ1n) is 9.41. The van der Waals surface area contributed by atoms with Crippen molar-refractivity contribution in [2.75, 3.05) is 0 Å². The van der Waals surface area contributed by atoms with E-state index in [1.54, 1.807) is 0 Å². The molecule has 0 nitrogen and oxygen atoms in total. The summed E-state index contributed by atoms with van der Waals surface area (Å²) in [5.41, 5.74) is 5.65. The summed E-state index contributed by atoms with van der Waals surface area (Å²) in [4.78, 5) is 0. The monoisotopic (exact) mass is 335 g/mol. The van der Waals surface area contributed by atoms with Crippen LogP contribution in [0.25, 0.3) is 11.1 Å². The quantitative estimate of drug-likeness (QED) is 0.581. The number of halogens is 1. The molecule has 24 heavy (non-hydrogen) atoms. The lowest BCUT2D eigenvalue weighted by atomic mass is 9.47. The Hall–Kier alpha value is -1.27. The highest BCUT2D eigenvalue weighted by Crippen LogP contribution is 2.61. The SMILES string of the molecule is Cc1cccc(Cl)c1-c1ccc[c]c1C12CC3CC(CC(C3)C1)C2. The Bertz CT molecular complexity index is 733. The fourth-order valence-electron chi connectivity index (χ4n) is 6.47. The molecule has 0 atom stereocenters. The van der Waals surface area contributed by atoms with E-state index in [2.05, 4.69) is 43.3 Å². The molecule has 2 aromatic carbocycles. The second-order valence-electron chi connectivity index (χ2n) is 8.59. The zero-order valence-corrected chi connectivity index (χ0v) is 15.1. The Morgan fingerprint density at radius 3 is 2.25 bits per heavy atom. The third kappa shape index (κ3) is 2.19. The van der Waals surface area contributed by atoms with Gasteiger partial charge in [-0.1, -0.05) is 41.9 Å². The van der Waals surface area contributed by atoms with Crippen molar-refractivity contribution >= 4 is 11.6 Å². The fourth-order valence-corrected chi connectivity index (χ4v) is 6.80. The van der Waals surface area contributed by atoms with E-state index < -0.39 is 0 Å². The minimum Gasteiger partial charge on any atom is -0.0837 e. The van der Waals surface area contributed by atoms with Crippen molar-refractivity contribution in [3.8, 4) is 11.1 Å². The average molecular weight is 336 g/mol. The first-order valence-corrected chi connectivity index (χ1v) is 9.79. The second-order valence-corrected chi connectivity index (χ2v) is 9.00. The zero-order valence-electron chi connectivity index (χ0n) is 14.3. The lowest BCUT2D eigenvalue weighted by molar-refractivity contribution is -0.00503. The van der Waals surface area contributed by atoms with Crippen LogP contribution in [-0.4, -0.2) is 0 Å². The fraction of sp³-hybridized carbons (Fsp3) is 0.478. The van der Waals surface area contributed by atoms with E-state index in [9.17, 15) is 0 Å². The summed E-state index contributed by atoms with van der Waals surface area (Å²) in [6.07, 6.45) is 8.55. The van der Waals surface area contributed by atoms with E-state index in [4.69, 9.17) is 11.6 Å². The molecule has 0 N–H and O–H groups in total. The number of rotatable bonds is 2. The average Bonchev–Trinajstić information content (AvgIpc) is 2.54. The molecule has 123 valence electrons. The van der Waals surface area contributed by atoms with Gasteiger partial charge in [0, 0.05) is 10.6 Å². The Labute approximate surface area is 150 Å². The number of hydrogen-bond acceptors (Lipinski definition) is 0. The van der Waals surface area contributed by atoms with Gasteiger partial charge in [0.1, 0.15) is 0 Å². The molecule has 1 heteroatoms. The van der Waals surface area contributed by atoms with Crippen LogP contribution in [0.4, 0.5) is 0 Å². The van der Waals surface area contributed by atoms with Crippen molar-refractivity contribution in [3.05, 3.63) is 58.6 Å². The van der Waals surface area contributed by atoms with Gasteiger partial charge in [-0.15, -0.1) is 0 Å². The summed E-state index contributed by atoms with van der Waals surface area (Å²) < 4.78 is 0. The molecule has 0 saturated heterocycles. The van der Waals surface area contributed by atoms with E-state index in [1.165, 1.54) is 60.8 Å². The van der Waals surface area contributed by atoms with Crippen LogP contribution in [0, 0.1) is 30.7 Å². The van der Waals surface area contributed by atoms with Crippen LogP contribution in [-0.2, 0) is 5.41 Å². The normalized spacial score (nSPS) is 33.8. The van der Waals surface area contributed by atoms with Crippen molar-refractivity contribution in [2.45, 2.75) is 50.9 Å². The van der Waals surface area contributed by atoms with E-state index in [1.807, 2.05) is 6.07 Å². The molecule has 0 heterocycles. The zero-order chi connectivity index (χ0) is 16.3. The molecule has 0 aromatic heterocycles. The van der Waals surface area contributed by atoms with Gasteiger partial charge < -0.3 is 0 Å². The summed E-state index contributed by atoms with van der Waals surface area (Å²) in [5.74, 6) is 2.85. The Balaban J connectivity index is 1.68. The summed E-state index contributed by atoms with van der Waals surface area (Å²) >= 11 is 6.63. The van der Waals surface area contributed by atoms with Gasteiger partial charge in [-0.25, -0.2) is 0 Å². The van der Waals surface area contributed by atoms with Crippen LogP contribution in [0.3, 0.4) is 0 Å². The topological polar surface area (TPSA) is 0 Å². The molecule has 1 radical (unpaired) electrons. The summed E-state index contributed by atoms with van der Waals surface area (Å²) in [6, 6.07) is 16.5. The van der Waals surface area contributed by atoms with E-state index in [0.29, 0.717) is 5.41 Å². The molecule has 0 amide bonds.